The van der Waals surface area contributed by atoms with Crippen molar-refractivity contribution < 1.29 is 9.47 Å². The molecule has 0 radical (unpaired) electrons. The van der Waals surface area contributed by atoms with E-state index in [2.05, 4.69) is 20.8 Å². The lowest BCUT2D eigenvalue weighted by Gasteiger charge is -2.40. The number of hydrogen-bond acceptors (Lipinski definition) is 2. The van der Waals surface area contributed by atoms with Gasteiger partial charge in [0.2, 0.25) is 0 Å². The first kappa shape index (κ1) is 10.4. The second kappa shape index (κ2) is 3.49. The fourth-order valence-corrected chi connectivity index (χ4v) is 2.71. The zero-order valence-corrected chi connectivity index (χ0v) is 9.64. The van der Waals surface area contributed by atoms with Gasteiger partial charge in [0.1, 0.15) is 0 Å². The van der Waals surface area contributed by atoms with Gasteiger partial charge in [0.05, 0.1) is 13.2 Å². The van der Waals surface area contributed by atoms with E-state index in [9.17, 15) is 0 Å². The van der Waals surface area contributed by atoms with Gasteiger partial charge in [0, 0.05) is 12.8 Å². The summed E-state index contributed by atoms with van der Waals surface area (Å²) in [7, 11) is 0. The van der Waals surface area contributed by atoms with Gasteiger partial charge in [0.25, 0.3) is 0 Å². The Labute approximate surface area is 87.0 Å². The predicted octanol–water partition coefficient (Wildman–Crippen LogP) is 2.97. The van der Waals surface area contributed by atoms with E-state index in [1.807, 2.05) is 0 Å². The third-order valence-corrected chi connectivity index (χ3v) is 3.79. The maximum absolute atomic E-state index is 5.72. The molecule has 2 fully saturated rings. The Morgan fingerprint density at radius 2 is 1.50 bits per heavy atom. The van der Waals surface area contributed by atoms with Crippen LogP contribution in [0.4, 0.5) is 0 Å². The summed E-state index contributed by atoms with van der Waals surface area (Å²) in [6.45, 7) is 8.60. The molecule has 0 amide bonds. The van der Waals surface area contributed by atoms with Gasteiger partial charge in [-0.2, -0.15) is 0 Å². The lowest BCUT2D eigenvalue weighted by Crippen LogP contribution is -2.38. The first-order chi connectivity index (χ1) is 6.52. The van der Waals surface area contributed by atoms with Gasteiger partial charge in [-0.1, -0.05) is 20.8 Å². The molecule has 0 atom stereocenters. The number of rotatable bonds is 0. The molecule has 1 aliphatic heterocycles. The highest BCUT2D eigenvalue weighted by Crippen LogP contribution is 2.44. The van der Waals surface area contributed by atoms with E-state index in [1.165, 1.54) is 12.8 Å². The summed E-state index contributed by atoms with van der Waals surface area (Å²) >= 11 is 0. The third kappa shape index (κ3) is 1.96. The lowest BCUT2D eigenvalue weighted by atomic mass is 9.71. The van der Waals surface area contributed by atoms with Crippen molar-refractivity contribution in [3.63, 3.8) is 0 Å². The Balaban J connectivity index is 1.92. The fraction of sp³-hybridized carbons (Fsp3) is 1.00. The minimum atomic E-state index is -0.179. The summed E-state index contributed by atoms with van der Waals surface area (Å²) < 4.78 is 11.4. The summed E-state index contributed by atoms with van der Waals surface area (Å²) in [4.78, 5) is 0. The smallest absolute Gasteiger partial charge is 0.168 e. The predicted molar refractivity (Wildman–Crippen MR) is 56.0 cm³/mol. The maximum Gasteiger partial charge on any atom is 0.168 e. The van der Waals surface area contributed by atoms with Crippen molar-refractivity contribution in [3.05, 3.63) is 0 Å². The van der Waals surface area contributed by atoms with Crippen LogP contribution < -0.4 is 0 Å². The molecule has 82 valence electrons. The highest BCUT2D eigenvalue weighted by molar-refractivity contribution is 4.86. The first-order valence-electron chi connectivity index (χ1n) is 5.80. The fourth-order valence-electron chi connectivity index (χ4n) is 2.71. The van der Waals surface area contributed by atoms with Crippen molar-refractivity contribution in [1.82, 2.24) is 0 Å². The standard InChI is InChI=1S/C12H22O2/c1-11(2,3)10-4-6-12(7-5-10)13-8-9-14-12/h10H,4-9H2,1-3H3. The van der Waals surface area contributed by atoms with E-state index in [0.29, 0.717) is 5.41 Å². The van der Waals surface area contributed by atoms with E-state index in [0.717, 1.165) is 32.0 Å². The van der Waals surface area contributed by atoms with Crippen molar-refractivity contribution in [3.8, 4) is 0 Å². The Morgan fingerprint density at radius 1 is 1.00 bits per heavy atom. The van der Waals surface area contributed by atoms with Crippen molar-refractivity contribution in [2.75, 3.05) is 13.2 Å². The Hall–Kier alpha value is -0.0800. The summed E-state index contributed by atoms with van der Waals surface area (Å²) in [5.41, 5.74) is 0.445. The Kier molecular flexibility index (Phi) is 2.61. The van der Waals surface area contributed by atoms with Crippen molar-refractivity contribution in [1.29, 1.82) is 0 Å². The van der Waals surface area contributed by atoms with Gasteiger partial charge in [-0.15, -0.1) is 0 Å². The molecule has 2 heteroatoms. The van der Waals surface area contributed by atoms with Gasteiger partial charge < -0.3 is 9.47 Å². The van der Waals surface area contributed by atoms with Crippen LogP contribution in [-0.4, -0.2) is 19.0 Å². The van der Waals surface area contributed by atoms with Crippen LogP contribution in [0.2, 0.25) is 0 Å². The molecule has 0 N–H and O–H groups in total. The molecule has 0 aromatic rings. The van der Waals surface area contributed by atoms with E-state index in [1.54, 1.807) is 0 Å². The van der Waals surface area contributed by atoms with Crippen LogP contribution in [0.15, 0.2) is 0 Å². The highest BCUT2D eigenvalue weighted by Gasteiger charge is 2.42. The van der Waals surface area contributed by atoms with Crippen LogP contribution in [0, 0.1) is 11.3 Å². The van der Waals surface area contributed by atoms with Gasteiger partial charge in [0.15, 0.2) is 5.79 Å². The van der Waals surface area contributed by atoms with Gasteiger partial charge in [-0.3, -0.25) is 0 Å². The molecule has 0 aromatic carbocycles. The van der Waals surface area contributed by atoms with Gasteiger partial charge >= 0.3 is 0 Å². The highest BCUT2D eigenvalue weighted by atomic mass is 16.7. The van der Waals surface area contributed by atoms with Crippen LogP contribution in [0.1, 0.15) is 46.5 Å². The van der Waals surface area contributed by atoms with E-state index in [-0.39, 0.29) is 5.79 Å². The molecule has 0 bridgehead atoms. The average molecular weight is 198 g/mol. The molecule has 1 heterocycles. The molecule has 1 saturated heterocycles. The zero-order chi connectivity index (χ0) is 10.2. The van der Waals surface area contributed by atoms with Crippen LogP contribution in [0.25, 0.3) is 0 Å². The zero-order valence-electron chi connectivity index (χ0n) is 9.64. The maximum atomic E-state index is 5.72. The van der Waals surface area contributed by atoms with Gasteiger partial charge in [-0.05, 0) is 24.2 Å². The molecule has 2 aliphatic rings. The van der Waals surface area contributed by atoms with E-state index < -0.39 is 0 Å². The van der Waals surface area contributed by atoms with E-state index >= 15 is 0 Å². The SMILES string of the molecule is CC(C)(C)C1CCC2(CC1)OCCO2. The topological polar surface area (TPSA) is 18.5 Å². The molecule has 2 nitrogen and oxygen atoms in total. The minimum absolute atomic E-state index is 0.179. The summed E-state index contributed by atoms with van der Waals surface area (Å²) in [5, 5.41) is 0. The molecule has 1 spiro atoms. The molecular weight excluding hydrogens is 176 g/mol. The van der Waals surface area contributed by atoms with Crippen molar-refractivity contribution in [2.24, 2.45) is 11.3 Å². The first-order valence-corrected chi connectivity index (χ1v) is 5.80. The van der Waals surface area contributed by atoms with Crippen molar-refractivity contribution >= 4 is 0 Å². The largest absolute Gasteiger partial charge is 0.348 e. The molecule has 1 saturated carbocycles. The lowest BCUT2D eigenvalue weighted by molar-refractivity contribution is -0.186. The average Bonchev–Trinajstić information content (AvgIpc) is 2.53. The van der Waals surface area contributed by atoms with Crippen LogP contribution in [-0.2, 0) is 9.47 Å². The minimum Gasteiger partial charge on any atom is -0.348 e. The number of hydrogen-bond donors (Lipinski definition) is 0. The normalized spacial score (nSPS) is 28.5. The van der Waals surface area contributed by atoms with Crippen LogP contribution in [0.3, 0.4) is 0 Å². The number of ether oxygens (including phenoxy) is 2. The second-order valence-corrected chi connectivity index (χ2v) is 5.75. The quantitative estimate of drug-likeness (QED) is 0.596. The molecule has 0 aromatic heterocycles. The molecule has 14 heavy (non-hydrogen) atoms. The Morgan fingerprint density at radius 3 is 1.93 bits per heavy atom. The third-order valence-electron chi connectivity index (χ3n) is 3.79. The van der Waals surface area contributed by atoms with Gasteiger partial charge in [-0.25, -0.2) is 0 Å². The molecule has 2 rings (SSSR count). The van der Waals surface area contributed by atoms with E-state index in [4.69, 9.17) is 9.47 Å². The monoisotopic (exact) mass is 198 g/mol. The van der Waals surface area contributed by atoms with Crippen molar-refractivity contribution in [2.45, 2.75) is 52.2 Å². The molecule has 0 unspecified atom stereocenters. The molecular formula is C12H22O2. The molecule has 1 aliphatic carbocycles. The summed E-state index contributed by atoms with van der Waals surface area (Å²) in [6, 6.07) is 0. The summed E-state index contributed by atoms with van der Waals surface area (Å²) in [6.07, 6.45) is 4.69. The summed E-state index contributed by atoms with van der Waals surface area (Å²) in [5.74, 6) is 0.655. The Bertz CT molecular complexity index is 189. The van der Waals surface area contributed by atoms with Crippen LogP contribution in [0.5, 0.6) is 0 Å². The second-order valence-electron chi connectivity index (χ2n) is 5.75. The van der Waals surface area contributed by atoms with Crippen LogP contribution >= 0.6 is 0 Å².